The van der Waals surface area contributed by atoms with E-state index in [4.69, 9.17) is 9.97 Å². The fraction of sp³-hybridized carbons (Fsp3) is 0. The second-order valence-corrected chi connectivity index (χ2v) is 17.9. The Kier molecular flexibility index (Phi) is 10.2. The van der Waals surface area contributed by atoms with Crippen LogP contribution in [0, 0.1) is 22.7 Å². The average molecular weight is 917 g/mol. The van der Waals surface area contributed by atoms with E-state index in [2.05, 4.69) is 179 Å². The topological polar surface area (TPSA) is 83.2 Å². The quantitative estimate of drug-likeness (QED) is 0.152. The normalized spacial score (nSPS) is 11.3. The van der Waals surface area contributed by atoms with Gasteiger partial charge in [0, 0.05) is 49.4 Å². The maximum absolute atomic E-state index is 10.2. The van der Waals surface area contributed by atoms with Crippen molar-refractivity contribution in [3.8, 4) is 90.8 Å². The van der Waals surface area contributed by atoms with Gasteiger partial charge in [-0.05, 0) is 95.1 Å². The number of para-hydroxylation sites is 3. The van der Waals surface area contributed by atoms with Crippen molar-refractivity contribution in [1.82, 2.24) is 19.1 Å². The van der Waals surface area contributed by atoms with Crippen molar-refractivity contribution in [2.45, 2.75) is 0 Å². The van der Waals surface area contributed by atoms with Crippen LogP contribution < -0.4 is 0 Å². The molecule has 0 N–H and O–H groups in total. The van der Waals surface area contributed by atoms with Gasteiger partial charge in [0.2, 0.25) is 0 Å². The molecule has 0 saturated heterocycles. The predicted molar refractivity (Wildman–Crippen MR) is 293 cm³/mol. The van der Waals surface area contributed by atoms with Gasteiger partial charge in [-0.15, -0.1) is 0 Å². The summed E-state index contributed by atoms with van der Waals surface area (Å²) in [6, 6.07) is 88.6. The van der Waals surface area contributed by atoms with Crippen LogP contribution in [0.2, 0.25) is 0 Å². The van der Waals surface area contributed by atoms with Crippen LogP contribution in [-0.4, -0.2) is 19.1 Å². The number of fused-ring (bicyclic) bond motifs is 6. The van der Waals surface area contributed by atoms with Crippen molar-refractivity contribution in [1.29, 1.82) is 10.5 Å². The van der Waals surface area contributed by atoms with Gasteiger partial charge in [-0.3, -0.25) is 0 Å². The molecule has 10 aromatic carbocycles. The second kappa shape index (κ2) is 17.4. The summed E-state index contributed by atoms with van der Waals surface area (Å²) in [7, 11) is 0. The van der Waals surface area contributed by atoms with Crippen molar-refractivity contribution < 1.29 is 0 Å². The van der Waals surface area contributed by atoms with Crippen LogP contribution in [0.5, 0.6) is 0 Å². The maximum atomic E-state index is 10.2. The first-order valence-corrected chi connectivity index (χ1v) is 23.9. The SMILES string of the molecule is N#Cc1ccccc1-c1ccc2c(c1)c1cc(-c3ccccc3C#N)ccc1n2-c1ccc(-c2cc(-c3ccccc3)nc(-c3ccccc3)n2)cc1-c1ccccc1-n1c2ccccc2c2ccccc21. The molecule has 72 heavy (non-hydrogen) atoms. The zero-order valence-corrected chi connectivity index (χ0v) is 38.8. The summed E-state index contributed by atoms with van der Waals surface area (Å²) < 4.78 is 4.77. The highest BCUT2D eigenvalue weighted by atomic mass is 15.0. The third-order valence-electron chi connectivity index (χ3n) is 13.9. The Hall–Kier alpha value is -10.1. The molecule has 0 aliphatic carbocycles. The second-order valence-electron chi connectivity index (χ2n) is 17.9. The fourth-order valence-corrected chi connectivity index (χ4v) is 10.5. The van der Waals surface area contributed by atoms with Crippen LogP contribution in [-0.2, 0) is 0 Å². The summed E-state index contributed by atoms with van der Waals surface area (Å²) in [6.45, 7) is 0. The van der Waals surface area contributed by atoms with E-state index in [0.29, 0.717) is 17.0 Å². The number of rotatable bonds is 8. The lowest BCUT2D eigenvalue weighted by molar-refractivity contribution is 1.16. The van der Waals surface area contributed by atoms with Gasteiger partial charge in [-0.25, -0.2) is 9.97 Å². The van der Waals surface area contributed by atoms with E-state index in [9.17, 15) is 10.5 Å². The zero-order valence-electron chi connectivity index (χ0n) is 38.8. The number of benzene rings is 10. The lowest BCUT2D eigenvalue weighted by atomic mass is 9.96. The average Bonchev–Trinajstić information content (AvgIpc) is 3.97. The molecule has 0 aliphatic heterocycles. The Labute approximate surface area is 415 Å². The molecule has 0 radical (unpaired) electrons. The van der Waals surface area contributed by atoms with E-state index in [1.54, 1.807) is 0 Å². The molecule has 0 saturated carbocycles. The zero-order chi connectivity index (χ0) is 48.1. The van der Waals surface area contributed by atoms with Gasteiger partial charge in [0.05, 0.1) is 68.1 Å². The van der Waals surface area contributed by atoms with Crippen LogP contribution in [0.15, 0.2) is 243 Å². The van der Waals surface area contributed by atoms with Crippen LogP contribution in [0.3, 0.4) is 0 Å². The number of hydrogen-bond acceptors (Lipinski definition) is 4. The monoisotopic (exact) mass is 916 g/mol. The molecule has 0 amide bonds. The highest BCUT2D eigenvalue weighted by molar-refractivity contribution is 6.13. The van der Waals surface area contributed by atoms with Crippen LogP contribution in [0.4, 0.5) is 0 Å². The van der Waals surface area contributed by atoms with Crippen LogP contribution >= 0.6 is 0 Å². The molecule has 3 heterocycles. The summed E-state index contributed by atoms with van der Waals surface area (Å²) >= 11 is 0. The van der Waals surface area contributed by atoms with Crippen molar-refractivity contribution in [3.63, 3.8) is 0 Å². The Morgan fingerprint density at radius 1 is 0.292 bits per heavy atom. The van der Waals surface area contributed by atoms with Gasteiger partial charge in [-0.2, -0.15) is 10.5 Å². The first-order valence-electron chi connectivity index (χ1n) is 23.9. The third-order valence-corrected chi connectivity index (χ3v) is 13.9. The Morgan fingerprint density at radius 3 is 1.29 bits per heavy atom. The lowest BCUT2D eigenvalue weighted by Crippen LogP contribution is -2.02. The fourth-order valence-electron chi connectivity index (χ4n) is 10.5. The van der Waals surface area contributed by atoms with Crippen LogP contribution in [0.25, 0.3) is 122 Å². The molecule has 0 fully saturated rings. The first-order chi connectivity index (χ1) is 35.6. The molecule has 13 aromatic rings. The van der Waals surface area contributed by atoms with E-state index >= 15 is 0 Å². The van der Waals surface area contributed by atoms with Crippen molar-refractivity contribution in [2.24, 2.45) is 0 Å². The van der Waals surface area contributed by atoms with Gasteiger partial charge in [-0.1, -0.05) is 170 Å². The maximum Gasteiger partial charge on any atom is 0.160 e. The van der Waals surface area contributed by atoms with E-state index in [1.807, 2.05) is 84.9 Å². The van der Waals surface area contributed by atoms with E-state index in [1.165, 1.54) is 10.8 Å². The van der Waals surface area contributed by atoms with Gasteiger partial charge in [0.1, 0.15) is 0 Å². The highest BCUT2D eigenvalue weighted by Gasteiger charge is 2.23. The summed E-state index contributed by atoms with van der Waals surface area (Å²) in [5.74, 6) is 0.646. The molecule has 334 valence electrons. The minimum atomic E-state index is 0.610. The molecule has 0 spiro atoms. The van der Waals surface area contributed by atoms with Crippen LogP contribution in [0.1, 0.15) is 11.1 Å². The first kappa shape index (κ1) is 42.0. The number of hydrogen-bond donors (Lipinski definition) is 0. The molecule has 6 heteroatoms. The van der Waals surface area contributed by atoms with Crippen molar-refractivity contribution in [3.05, 3.63) is 254 Å². The molecule has 0 atom stereocenters. The van der Waals surface area contributed by atoms with Crippen molar-refractivity contribution >= 4 is 43.6 Å². The third kappa shape index (κ3) is 7.02. The number of nitriles is 2. The highest BCUT2D eigenvalue weighted by Crippen LogP contribution is 2.44. The number of nitrogens with zero attached hydrogens (tertiary/aromatic N) is 6. The predicted octanol–water partition coefficient (Wildman–Crippen LogP) is 16.4. The Bertz CT molecular complexity index is 4130. The molecule has 0 bridgehead atoms. The molecular formula is C66H40N6. The molecular weight excluding hydrogens is 877 g/mol. The molecule has 3 aromatic heterocycles. The smallest absolute Gasteiger partial charge is 0.160 e. The van der Waals surface area contributed by atoms with Crippen molar-refractivity contribution in [2.75, 3.05) is 0 Å². The number of aromatic nitrogens is 4. The molecule has 6 nitrogen and oxygen atoms in total. The molecule has 13 rings (SSSR count). The lowest BCUT2D eigenvalue weighted by Gasteiger charge is -2.20. The largest absolute Gasteiger partial charge is 0.309 e. The van der Waals surface area contributed by atoms with Gasteiger partial charge >= 0.3 is 0 Å². The van der Waals surface area contributed by atoms with E-state index < -0.39 is 0 Å². The summed E-state index contributed by atoms with van der Waals surface area (Å²) in [6.07, 6.45) is 0. The van der Waals surface area contributed by atoms with E-state index in [0.717, 1.165) is 106 Å². The molecule has 0 unspecified atom stereocenters. The Morgan fingerprint density at radius 2 is 0.722 bits per heavy atom. The standard InChI is InChI=1S/C66H40N6/c67-41-48-21-7-9-23-50(48)45-31-34-64-56(37-45)57-38-46(51-24-10-8-22-49(51)42-68)32-35-65(57)72(64)63-36-33-47(59-40-58(43-17-3-1-4-18-43)69-66(70-59)44-19-5-2-6-20-44)39-55(63)54-27-13-16-30-62(54)71-60-28-14-11-25-52(60)53-26-12-15-29-61(53)71/h1-40H. The van der Waals surface area contributed by atoms with Gasteiger partial charge in [0.25, 0.3) is 0 Å². The van der Waals surface area contributed by atoms with E-state index in [-0.39, 0.29) is 0 Å². The minimum Gasteiger partial charge on any atom is -0.309 e. The van der Waals surface area contributed by atoms with Gasteiger partial charge in [0.15, 0.2) is 5.82 Å². The Balaban J connectivity index is 1.12. The summed E-state index contributed by atoms with van der Waals surface area (Å²) in [5.41, 5.74) is 17.6. The summed E-state index contributed by atoms with van der Waals surface area (Å²) in [5, 5.41) is 24.9. The minimum absolute atomic E-state index is 0.610. The molecule has 0 aliphatic rings. The van der Waals surface area contributed by atoms with Gasteiger partial charge < -0.3 is 9.13 Å². The summed E-state index contributed by atoms with van der Waals surface area (Å²) in [4.78, 5) is 10.5.